The number of carbonyl (C=O) groups excluding carboxylic acids is 1. The van der Waals surface area contributed by atoms with Crippen molar-refractivity contribution in [1.82, 2.24) is 25.4 Å². The molecule has 0 aromatic carbocycles. The number of likely N-dealkylation sites (tertiary alicyclic amines) is 1. The summed E-state index contributed by atoms with van der Waals surface area (Å²) in [5.41, 5.74) is 0. The number of rotatable bonds is 6. The molecule has 2 unspecified atom stereocenters. The molecule has 1 aromatic rings. The van der Waals surface area contributed by atoms with E-state index in [0.29, 0.717) is 18.2 Å². The summed E-state index contributed by atoms with van der Waals surface area (Å²) in [5.74, 6) is 1.35. The third-order valence-electron chi connectivity index (χ3n) is 4.69. The molecule has 0 aliphatic carbocycles. The first-order valence-corrected chi connectivity index (χ1v) is 9.43. The first-order chi connectivity index (χ1) is 12.3. The number of nitrogens with one attached hydrogen (secondary N) is 2. The van der Waals surface area contributed by atoms with Crippen LogP contribution in [0, 0.1) is 0 Å². The predicted molar refractivity (Wildman–Crippen MR) is 92.0 cm³/mol. The molecule has 2 saturated heterocycles. The van der Waals surface area contributed by atoms with E-state index in [1.807, 2.05) is 4.90 Å². The molecule has 1 aromatic heterocycles. The van der Waals surface area contributed by atoms with Crippen LogP contribution >= 0.6 is 0 Å². The summed E-state index contributed by atoms with van der Waals surface area (Å²) < 4.78 is 11.4. The smallest absolute Gasteiger partial charge is 0.317 e. The largest absolute Gasteiger partial charge is 0.378 e. The monoisotopic (exact) mass is 351 g/mol. The van der Waals surface area contributed by atoms with E-state index in [2.05, 4.69) is 27.4 Å². The first-order valence-electron chi connectivity index (χ1n) is 9.43. The molecule has 3 heterocycles. The highest BCUT2D eigenvalue weighted by Gasteiger charge is 2.23. The summed E-state index contributed by atoms with van der Waals surface area (Å²) in [7, 11) is 0. The molecule has 25 heavy (non-hydrogen) atoms. The molecule has 8 heteroatoms. The van der Waals surface area contributed by atoms with Crippen molar-refractivity contribution in [2.75, 3.05) is 26.3 Å². The molecule has 0 bridgehead atoms. The van der Waals surface area contributed by atoms with Gasteiger partial charge in [-0.05, 0) is 38.5 Å². The van der Waals surface area contributed by atoms with E-state index in [-0.39, 0.29) is 18.2 Å². The van der Waals surface area contributed by atoms with Gasteiger partial charge in [-0.15, -0.1) is 0 Å². The maximum atomic E-state index is 12.4. The van der Waals surface area contributed by atoms with Crippen molar-refractivity contribution in [2.45, 2.75) is 64.2 Å². The number of nitrogens with zero attached hydrogens (tertiary/aromatic N) is 3. The van der Waals surface area contributed by atoms with Gasteiger partial charge in [-0.3, -0.25) is 5.10 Å². The molecule has 0 radical (unpaired) electrons. The number of H-pyrrole nitrogens is 1. The molecular weight excluding hydrogens is 322 g/mol. The van der Waals surface area contributed by atoms with Crippen LogP contribution in [-0.4, -0.2) is 58.5 Å². The number of aromatic amines is 1. The summed E-state index contributed by atoms with van der Waals surface area (Å²) in [4.78, 5) is 18.7. The fourth-order valence-corrected chi connectivity index (χ4v) is 3.31. The maximum Gasteiger partial charge on any atom is 0.317 e. The molecule has 2 aliphatic rings. The van der Waals surface area contributed by atoms with E-state index >= 15 is 0 Å². The highest BCUT2D eigenvalue weighted by Crippen LogP contribution is 2.25. The van der Waals surface area contributed by atoms with Gasteiger partial charge in [-0.25, -0.2) is 9.78 Å². The molecule has 2 aliphatic heterocycles. The molecule has 0 spiro atoms. The molecule has 2 N–H and O–H groups in total. The Labute approximate surface area is 148 Å². The molecule has 2 fully saturated rings. The van der Waals surface area contributed by atoms with Crippen LogP contribution in [0.1, 0.15) is 63.2 Å². The van der Waals surface area contributed by atoms with Crippen molar-refractivity contribution >= 4 is 6.03 Å². The first kappa shape index (κ1) is 18.1. The fourth-order valence-electron chi connectivity index (χ4n) is 3.31. The minimum absolute atomic E-state index is 0.00800. The second-order valence-corrected chi connectivity index (χ2v) is 6.71. The zero-order valence-corrected chi connectivity index (χ0v) is 15.0. The Balaban J connectivity index is 1.43. The van der Waals surface area contributed by atoms with Crippen LogP contribution < -0.4 is 5.32 Å². The lowest BCUT2D eigenvalue weighted by atomic mass is 10.2. The lowest BCUT2D eigenvalue weighted by Crippen LogP contribution is -2.40. The van der Waals surface area contributed by atoms with Gasteiger partial charge in [0.25, 0.3) is 0 Å². The minimum atomic E-state index is -0.0498. The molecule has 2 atom stereocenters. The van der Waals surface area contributed by atoms with E-state index in [1.165, 1.54) is 0 Å². The quantitative estimate of drug-likeness (QED) is 0.819. The Bertz CT molecular complexity index is 544. The van der Waals surface area contributed by atoms with E-state index in [1.54, 1.807) is 0 Å². The van der Waals surface area contributed by atoms with Crippen molar-refractivity contribution < 1.29 is 14.3 Å². The Hall–Kier alpha value is -1.67. The highest BCUT2D eigenvalue weighted by atomic mass is 16.5. The number of urea groups is 1. The van der Waals surface area contributed by atoms with Gasteiger partial charge in [-0.2, -0.15) is 5.10 Å². The Morgan fingerprint density at radius 3 is 3.08 bits per heavy atom. The van der Waals surface area contributed by atoms with Crippen molar-refractivity contribution in [3.05, 3.63) is 11.6 Å². The summed E-state index contributed by atoms with van der Waals surface area (Å²) in [6.45, 7) is 5.54. The normalized spacial score (nSPS) is 24.3. The molecular formula is C17H29N5O3. The fraction of sp³-hybridized carbons (Fsp3) is 0.824. The Morgan fingerprint density at radius 2 is 2.28 bits per heavy atom. The summed E-state index contributed by atoms with van der Waals surface area (Å²) in [6.07, 6.45) is 6.21. The number of amides is 2. The lowest BCUT2D eigenvalue weighted by molar-refractivity contribution is 0.0445. The van der Waals surface area contributed by atoms with Crippen LogP contribution in [0.4, 0.5) is 4.79 Å². The Kier molecular flexibility index (Phi) is 6.63. The third-order valence-corrected chi connectivity index (χ3v) is 4.69. The topological polar surface area (TPSA) is 92.4 Å². The van der Waals surface area contributed by atoms with Gasteiger partial charge >= 0.3 is 6.03 Å². The third kappa shape index (κ3) is 5.15. The van der Waals surface area contributed by atoms with Crippen LogP contribution in [0.5, 0.6) is 0 Å². The SMILES string of the molecule is CCCOC1CCCN(C(=O)NCc2nc(C3CCCO3)n[nH]2)CC1. The second-order valence-electron chi connectivity index (χ2n) is 6.71. The van der Waals surface area contributed by atoms with Gasteiger partial charge in [0.2, 0.25) is 0 Å². The van der Waals surface area contributed by atoms with E-state index < -0.39 is 0 Å². The van der Waals surface area contributed by atoms with Crippen LogP contribution in [0.2, 0.25) is 0 Å². The van der Waals surface area contributed by atoms with Gasteiger partial charge < -0.3 is 19.7 Å². The van der Waals surface area contributed by atoms with Gasteiger partial charge in [0.05, 0.1) is 12.6 Å². The Morgan fingerprint density at radius 1 is 1.36 bits per heavy atom. The number of hydrogen-bond donors (Lipinski definition) is 2. The van der Waals surface area contributed by atoms with Crippen molar-refractivity contribution in [3.8, 4) is 0 Å². The van der Waals surface area contributed by atoms with Crippen molar-refractivity contribution in [1.29, 1.82) is 0 Å². The van der Waals surface area contributed by atoms with Crippen LogP contribution in [-0.2, 0) is 16.0 Å². The summed E-state index contributed by atoms with van der Waals surface area (Å²) >= 11 is 0. The van der Waals surface area contributed by atoms with Crippen LogP contribution in [0.15, 0.2) is 0 Å². The predicted octanol–water partition coefficient (Wildman–Crippen LogP) is 2.15. The standard InChI is InChI=1S/C17H29N5O3/c1-2-10-24-13-5-3-8-22(9-7-13)17(23)18-12-15-19-16(21-20-15)14-6-4-11-25-14/h13-14H,2-12H2,1H3,(H,18,23)(H,19,20,21). The zero-order valence-electron chi connectivity index (χ0n) is 15.0. The molecule has 0 saturated carbocycles. The summed E-state index contributed by atoms with van der Waals surface area (Å²) in [5, 5.41) is 10.0. The second kappa shape index (κ2) is 9.15. The van der Waals surface area contributed by atoms with Crippen LogP contribution in [0.3, 0.4) is 0 Å². The number of hydrogen-bond acceptors (Lipinski definition) is 5. The maximum absolute atomic E-state index is 12.4. The molecule has 2 amide bonds. The van der Waals surface area contributed by atoms with Gasteiger partial charge in [0, 0.05) is 26.3 Å². The lowest BCUT2D eigenvalue weighted by Gasteiger charge is -2.20. The highest BCUT2D eigenvalue weighted by molar-refractivity contribution is 5.74. The molecule has 8 nitrogen and oxygen atoms in total. The molecule has 3 rings (SSSR count). The van der Waals surface area contributed by atoms with Crippen molar-refractivity contribution in [3.63, 3.8) is 0 Å². The van der Waals surface area contributed by atoms with Gasteiger partial charge in [-0.1, -0.05) is 6.92 Å². The average molecular weight is 351 g/mol. The van der Waals surface area contributed by atoms with Gasteiger partial charge in [0.15, 0.2) is 5.82 Å². The van der Waals surface area contributed by atoms with E-state index in [9.17, 15) is 4.79 Å². The van der Waals surface area contributed by atoms with Crippen molar-refractivity contribution in [2.24, 2.45) is 0 Å². The van der Waals surface area contributed by atoms with Crippen LogP contribution in [0.25, 0.3) is 0 Å². The molecule has 140 valence electrons. The zero-order chi connectivity index (χ0) is 17.5. The number of carbonyl (C=O) groups is 1. The number of aromatic nitrogens is 3. The number of ether oxygens (including phenoxy) is 2. The van der Waals surface area contributed by atoms with E-state index in [0.717, 1.165) is 64.8 Å². The minimum Gasteiger partial charge on any atom is -0.378 e. The van der Waals surface area contributed by atoms with Gasteiger partial charge in [0.1, 0.15) is 11.9 Å². The average Bonchev–Trinajstić information content (AvgIpc) is 3.26. The summed E-state index contributed by atoms with van der Waals surface area (Å²) in [6, 6.07) is -0.0498. The van der Waals surface area contributed by atoms with E-state index in [4.69, 9.17) is 9.47 Å².